The van der Waals surface area contributed by atoms with Crippen molar-refractivity contribution in [3.8, 4) is 5.75 Å². The molecule has 0 radical (unpaired) electrons. The number of benzene rings is 1. The summed E-state index contributed by atoms with van der Waals surface area (Å²) >= 11 is 0. The summed E-state index contributed by atoms with van der Waals surface area (Å²) in [4.78, 5) is 4.34. The van der Waals surface area contributed by atoms with Crippen LogP contribution in [-0.2, 0) is 6.54 Å². The lowest BCUT2D eigenvalue weighted by atomic mass is 10.2. The molecular formula is C14H19N5O. The summed E-state index contributed by atoms with van der Waals surface area (Å²) in [5.74, 6) is 2.10. The predicted molar refractivity (Wildman–Crippen MR) is 78.9 cm³/mol. The van der Waals surface area contributed by atoms with Gasteiger partial charge in [0.2, 0.25) is 5.95 Å². The maximum atomic E-state index is 5.13. The lowest BCUT2D eigenvalue weighted by molar-refractivity contribution is 0.414. The van der Waals surface area contributed by atoms with Crippen LogP contribution in [0.2, 0.25) is 0 Å². The number of aromatic nitrogens is 3. The van der Waals surface area contributed by atoms with Gasteiger partial charge in [-0.25, -0.2) is 0 Å². The van der Waals surface area contributed by atoms with Crippen molar-refractivity contribution in [3.05, 3.63) is 36.0 Å². The highest BCUT2D eigenvalue weighted by Gasteiger charge is 2.00. The lowest BCUT2D eigenvalue weighted by Gasteiger charge is -2.07. The minimum Gasteiger partial charge on any atom is -0.497 e. The summed E-state index contributed by atoms with van der Waals surface area (Å²) in [6, 6.07) is 7.89. The van der Waals surface area contributed by atoms with E-state index in [0.717, 1.165) is 24.3 Å². The number of ether oxygens (including phenoxy) is 1. The zero-order chi connectivity index (χ0) is 14.2. The molecule has 0 bridgehead atoms. The van der Waals surface area contributed by atoms with Gasteiger partial charge < -0.3 is 15.4 Å². The van der Waals surface area contributed by atoms with E-state index in [9.17, 15) is 0 Å². The molecule has 106 valence electrons. The molecule has 0 fully saturated rings. The summed E-state index contributed by atoms with van der Waals surface area (Å²) in [5.41, 5.74) is 1.15. The Balaban J connectivity index is 1.92. The first-order valence-corrected chi connectivity index (χ1v) is 6.62. The topological polar surface area (TPSA) is 72.0 Å². The number of rotatable bonds is 7. The molecular weight excluding hydrogens is 254 g/mol. The molecule has 20 heavy (non-hydrogen) atoms. The van der Waals surface area contributed by atoms with Crippen LogP contribution in [0.3, 0.4) is 0 Å². The molecule has 0 unspecified atom stereocenters. The second-order valence-corrected chi connectivity index (χ2v) is 4.29. The van der Waals surface area contributed by atoms with Crippen LogP contribution in [0.25, 0.3) is 0 Å². The fourth-order valence-electron chi connectivity index (χ4n) is 1.64. The van der Waals surface area contributed by atoms with Crippen LogP contribution in [0.4, 0.5) is 11.8 Å². The number of nitrogens with zero attached hydrogens (tertiary/aromatic N) is 3. The van der Waals surface area contributed by atoms with Crippen LogP contribution in [0.1, 0.15) is 18.9 Å². The third-order valence-electron chi connectivity index (χ3n) is 2.72. The third-order valence-corrected chi connectivity index (χ3v) is 2.72. The van der Waals surface area contributed by atoms with Gasteiger partial charge in [-0.2, -0.15) is 10.1 Å². The molecule has 2 rings (SSSR count). The van der Waals surface area contributed by atoms with Crippen molar-refractivity contribution in [2.75, 3.05) is 24.3 Å². The summed E-state index contributed by atoms with van der Waals surface area (Å²) in [5, 5.41) is 14.2. The van der Waals surface area contributed by atoms with Gasteiger partial charge in [0, 0.05) is 13.1 Å². The van der Waals surface area contributed by atoms with Crippen molar-refractivity contribution in [1.82, 2.24) is 15.2 Å². The Morgan fingerprint density at radius 3 is 2.65 bits per heavy atom. The number of methoxy groups -OCH3 is 1. The van der Waals surface area contributed by atoms with Crippen molar-refractivity contribution in [1.29, 1.82) is 0 Å². The number of hydrogen-bond acceptors (Lipinski definition) is 6. The second kappa shape index (κ2) is 7.28. The van der Waals surface area contributed by atoms with Crippen LogP contribution in [0.15, 0.2) is 30.5 Å². The van der Waals surface area contributed by atoms with Gasteiger partial charge in [-0.1, -0.05) is 19.1 Å². The quantitative estimate of drug-likeness (QED) is 0.806. The molecule has 1 aromatic carbocycles. The van der Waals surface area contributed by atoms with Crippen molar-refractivity contribution in [3.63, 3.8) is 0 Å². The largest absolute Gasteiger partial charge is 0.497 e. The molecule has 0 aliphatic rings. The lowest BCUT2D eigenvalue weighted by Crippen LogP contribution is -2.08. The predicted octanol–water partition coefficient (Wildman–Crippen LogP) is 2.31. The molecule has 2 N–H and O–H groups in total. The van der Waals surface area contributed by atoms with E-state index in [1.54, 1.807) is 13.3 Å². The van der Waals surface area contributed by atoms with Crippen molar-refractivity contribution in [2.24, 2.45) is 0 Å². The molecule has 0 aliphatic carbocycles. The molecule has 1 aromatic heterocycles. The van der Waals surface area contributed by atoms with Gasteiger partial charge in [0.05, 0.1) is 13.3 Å². The molecule has 1 heterocycles. The summed E-state index contributed by atoms with van der Waals surface area (Å²) < 4.78 is 5.13. The molecule has 0 aliphatic heterocycles. The number of nitrogens with one attached hydrogen (secondary N) is 2. The smallest absolute Gasteiger partial charge is 0.244 e. The highest BCUT2D eigenvalue weighted by molar-refractivity contribution is 5.38. The molecule has 0 spiro atoms. The SMILES string of the molecule is CCCNc1nncc(NCc2ccc(OC)cc2)n1. The fourth-order valence-corrected chi connectivity index (χ4v) is 1.64. The van der Waals surface area contributed by atoms with Crippen LogP contribution in [0, 0.1) is 0 Å². The summed E-state index contributed by atoms with van der Waals surface area (Å²) in [7, 11) is 1.66. The molecule has 6 heteroatoms. The molecule has 0 amide bonds. The summed E-state index contributed by atoms with van der Waals surface area (Å²) in [6.45, 7) is 3.60. The first-order chi connectivity index (χ1) is 9.81. The van der Waals surface area contributed by atoms with Gasteiger partial charge in [-0.15, -0.1) is 5.10 Å². The standard InChI is InChI=1S/C14H19N5O/c1-3-8-15-14-18-13(10-17-19-14)16-9-11-4-6-12(20-2)7-5-11/h4-7,10H,3,8-9H2,1-2H3,(H2,15,16,18,19). The molecule has 6 nitrogen and oxygen atoms in total. The van der Waals surface area contributed by atoms with E-state index in [4.69, 9.17) is 4.74 Å². The van der Waals surface area contributed by atoms with E-state index < -0.39 is 0 Å². The minimum absolute atomic E-state index is 0.548. The van der Waals surface area contributed by atoms with Gasteiger partial charge in [0.1, 0.15) is 5.75 Å². The van der Waals surface area contributed by atoms with E-state index in [-0.39, 0.29) is 0 Å². The fraction of sp³-hybridized carbons (Fsp3) is 0.357. The minimum atomic E-state index is 0.548. The Morgan fingerprint density at radius 2 is 1.95 bits per heavy atom. The zero-order valence-electron chi connectivity index (χ0n) is 11.8. The molecule has 0 saturated carbocycles. The van der Waals surface area contributed by atoms with Gasteiger partial charge >= 0.3 is 0 Å². The highest BCUT2D eigenvalue weighted by Crippen LogP contribution is 2.12. The van der Waals surface area contributed by atoms with E-state index in [2.05, 4.69) is 32.7 Å². The van der Waals surface area contributed by atoms with E-state index >= 15 is 0 Å². The Morgan fingerprint density at radius 1 is 1.15 bits per heavy atom. The van der Waals surface area contributed by atoms with Crippen LogP contribution in [-0.4, -0.2) is 28.8 Å². The van der Waals surface area contributed by atoms with Crippen molar-refractivity contribution < 1.29 is 4.74 Å². The Kier molecular flexibility index (Phi) is 5.11. The summed E-state index contributed by atoms with van der Waals surface area (Å²) in [6.07, 6.45) is 2.63. The van der Waals surface area contributed by atoms with Gasteiger partial charge in [0.15, 0.2) is 5.82 Å². The van der Waals surface area contributed by atoms with Crippen molar-refractivity contribution in [2.45, 2.75) is 19.9 Å². The first-order valence-electron chi connectivity index (χ1n) is 6.62. The second-order valence-electron chi connectivity index (χ2n) is 4.29. The highest BCUT2D eigenvalue weighted by atomic mass is 16.5. The monoisotopic (exact) mass is 273 g/mol. The number of anilines is 2. The Labute approximate surface area is 118 Å². The van der Waals surface area contributed by atoms with Gasteiger partial charge in [-0.3, -0.25) is 0 Å². The van der Waals surface area contributed by atoms with E-state index in [1.165, 1.54) is 0 Å². The third kappa shape index (κ3) is 4.08. The maximum absolute atomic E-state index is 5.13. The molecule has 2 aromatic rings. The molecule has 0 saturated heterocycles. The van der Waals surface area contributed by atoms with Crippen molar-refractivity contribution >= 4 is 11.8 Å². The van der Waals surface area contributed by atoms with Crippen LogP contribution in [0.5, 0.6) is 5.75 Å². The van der Waals surface area contributed by atoms with Crippen LogP contribution < -0.4 is 15.4 Å². The first kappa shape index (κ1) is 14.0. The normalized spacial score (nSPS) is 10.1. The van der Waals surface area contributed by atoms with Crippen LogP contribution >= 0.6 is 0 Å². The Bertz CT molecular complexity index is 529. The average molecular weight is 273 g/mol. The zero-order valence-corrected chi connectivity index (χ0v) is 11.8. The number of hydrogen-bond donors (Lipinski definition) is 2. The maximum Gasteiger partial charge on any atom is 0.244 e. The van der Waals surface area contributed by atoms with E-state index in [1.807, 2.05) is 24.3 Å². The van der Waals surface area contributed by atoms with Gasteiger partial charge in [-0.05, 0) is 24.1 Å². The van der Waals surface area contributed by atoms with E-state index in [0.29, 0.717) is 18.3 Å². The molecule has 0 atom stereocenters. The van der Waals surface area contributed by atoms with Gasteiger partial charge in [0.25, 0.3) is 0 Å². The Hall–Kier alpha value is -2.37. The average Bonchev–Trinajstić information content (AvgIpc) is 2.52.